The number of pyridine rings is 1. The predicted molar refractivity (Wildman–Crippen MR) is 78.7 cm³/mol. The molecule has 100 valence electrons. The van der Waals surface area contributed by atoms with E-state index in [-0.39, 0.29) is 0 Å². The van der Waals surface area contributed by atoms with Crippen LogP contribution >= 0.6 is 15.9 Å². The zero-order valence-electron chi connectivity index (χ0n) is 10.8. The standard InChI is InChI=1S/C14H15BrN2O2/c1-18-11-4-3-10(14(19-2)13(11)15)7-9-5-6-17-12(16)8-9/h3-6,8H,7H2,1-2H3,(H2,16,17). The van der Waals surface area contributed by atoms with Gasteiger partial charge in [-0.05, 0) is 45.3 Å². The second-order valence-corrected chi connectivity index (χ2v) is 4.83. The van der Waals surface area contributed by atoms with E-state index in [1.165, 1.54) is 0 Å². The topological polar surface area (TPSA) is 57.4 Å². The molecule has 0 atom stereocenters. The molecule has 2 aromatic rings. The van der Waals surface area contributed by atoms with Crippen LogP contribution in [0.15, 0.2) is 34.9 Å². The number of nitrogen functional groups attached to an aromatic ring is 1. The van der Waals surface area contributed by atoms with Crippen molar-refractivity contribution in [2.24, 2.45) is 0 Å². The third kappa shape index (κ3) is 2.98. The number of benzene rings is 1. The molecule has 1 heterocycles. The maximum atomic E-state index is 5.69. The third-order valence-corrected chi connectivity index (χ3v) is 3.56. The molecular weight excluding hydrogens is 308 g/mol. The van der Waals surface area contributed by atoms with Crippen LogP contribution in [0.25, 0.3) is 0 Å². The summed E-state index contributed by atoms with van der Waals surface area (Å²) in [6.45, 7) is 0. The molecular formula is C14H15BrN2O2. The highest BCUT2D eigenvalue weighted by Crippen LogP contribution is 2.38. The summed E-state index contributed by atoms with van der Waals surface area (Å²) in [5.41, 5.74) is 7.83. The van der Waals surface area contributed by atoms with Crippen LogP contribution < -0.4 is 15.2 Å². The fraction of sp³-hybridized carbons (Fsp3) is 0.214. The first-order valence-corrected chi connectivity index (χ1v) is 6.54. The highest BCUT2D eigenvalue weighted by atomic mass is 79.9. The summed E-state index contributed by atoms with van der Waals surface area (Å²) in [7, 11) is 3.27. The SMILES string of the molecule is COc1ccc(Cc2ccnc(N)c2)c(OC)c1Br. The monoisotopic (exact) mass is 322 g/mol. The van der Waals surface area contributed by atoms with Crippen LogP contribution in [0, 0.1) is 0 Å². The van der Waals surface area contributed by atoms with Gasteiger partial charge in [-0.15, -0.1) is 0 Å². The Labute approximate surface area is 120 Å². The molecule has 0 amide bonds. The molecule has 0 radical (unpaired) electrons. The quantitative estimate of drug-likeness (QED) is 0.940. The molecule has 0 aliphatic carbocycles. The van der Waals surface area contributed by atoms with E-state index in [1.807, 2.05) is 24.3 Å². The average molecular weight is 323 g/mol. The molecule has 0 unspecified atom stereocenters. The Balaban J connectivity index is 2.37. The molecule has 0 spiro atoms. The number of aromatic nitrogens is 1. The zero-order chi connectivity index (χ0) is 13.8. The Kier molecular flexibility index (Phi) is 4.27. The number of hydrogen-bond acceptors (Lipinski definition) is 4. The van der Waals surface area contributed by atoms with Gasteiger partial charge in [0.25, 0.3) is 0 Å². The van der Waals surface area contributed by atoms with E-state index in [0.29, 0.717) is 5.82 Å². The van der Waals surface area contributed by atoms with Crippen LogP contribution in [0.1, 0.15) is 11.1 Å². The number of nitrogens with two attached hydrogens (primary N) is 1. The summed E-state index contributed by atoms with van der Waals surface area (Å²) in [6, 6.07) is 7.69. The predicted octanol–water partition coefficient (Wildman–Crippen LogP) is 3.03. The smallest absolute Gasteiger partial charge is 0.140 e. The molecule has 0 aliphatic heterocycles. The van der Waals surface area contributed by atoms with E-state index < -0.39 is 0 Å². The number of halogens is 1. The van der Waals surface area contributed by atoms with Gasteiger partial charge < -0.3 is 15.2 Å². The molecule has 0 fully saturated rings. The molecule has 19 heavy (non-hydrogen) atoms. The molecule has 0 saturated carbocycles. The van der Waals surface area contributed by atoms with Crippen LogP contribution in [-0.2, 0) is 6.42 Å². The Morgan fingerprint density at radius 2 is 2.00 bits per heavy atom. The van der Waals surface area contributed by atoms with Crippen LogP contribution in [0.4, 0.5) is 5.82 Å². The summed E-state index contributed by atoms with van der Waals surface area (Å²) in [5, 5.41) is 0. The van der Waals surface area contributed by atoms with Gasteiger partial charge in [0, 0.05) is 12.6 Å². The fourth-order valence-corrected chi connectivity index (χ4v) is 2.63. The lowest BCUT2D eigenvalue weighted by Gasteiger charge is -2.13. The minimum Gasteiger partial charge on any atom is -0.495 e. The maximum Gasteiger partial charge on any atom is 0.140 e. The van der Waals surface area contributed by atoms with E-state index in [4.69, 9.17) is 15.2 Å². The minimum absolute atomic E-state index is 0.518. The number of anilines is 1. The van der Waals surface area contributed by atoms with Crippen molar-refractivity contribution in [3.63, 3.8) is 0 Å². The lowest BCUT2D eigenvalue weighted by atomic mass is 10.0. The van der Waals surface area contributed by atoms with Gasteiger partial charge in [0.05, 0.1) is 14.2 Å². The van der Waals surface area contributed by atoms with Crippen LogP contribution in [0.5, 0.6) is 11.5 Å². The highest BCUT2D eigenvalue weighted by molar-refractivity contribution is 9.10. The minimum atomic E-state index is 0.518. The van der Waals surface area contributed by atoms with Crippen LogP contribution in [-0.4, -0.2) is 19.2 Å². The van der Waals surface area contributed by atoms with E-state index in [9.17, 15) is 0 Å². The van der Waals surface area contributed by atoms with E-state index in [2.05, 4.69) is 20.9 Å². The van der Waals surface area contributed by atoms with E-state index in [1.54, 1.807) is 20.4 Å². The molecule has 0 saturated heterocycles. The van der Waals surface area contributed by atoms with Gasteiger partial charge in [0.2, 0.25) is 0 Å². The average Bonchev–Trinajstić information content (AvgIpc) is 2.39. The van der Waals surface area contributed by atoms with Gasteiger partial charge in [-0.2, -0.15) is 0 Å². The summed E-state index contributed by atoms with van der Waals surface area (Å²) in [6.07, 6.45) is 2.42. The van der Waals surface area contributed by atoms with Crippen molar-refractivity contribution in [1.29, 1.82) is 0 Å². The van der Waals surface area contributed by atoms with Gasteiger partial charge >= 0.3 is 0 Å². The summed E-state index contributed by atoms with van der Waals surface area (Å²) in [4.78, 5) is 3.99. The number of rotatable bonds is 4. The molecule has 4 nitrogen and oxygen atoms in total. The Morgan fingerprint density at radius 3 is 2.63 bits per heavy atom. The van der Waals surface area contributed by atoms with E-state index in [0.717, 1.165) is 33.5 Å². The largest absolute Gasteiger partial charge is 0.495 e. The molecule has 0 aliphatic rings. The molecule has 1 aromatic heterocycles. The van der Waals surface area contributed by atoms with Gasteiger partial charge in [-0.1, -0.05) is 6.07 Å². The summed E-state index contributed by atoms with van der Waals surface area (Å²) in [5.74, 6) is 2.04. The second-order valence-electron chi connectivity index (χ2n) is 4.04. The molecule has 1 aromatic carbocycles. The van der Waals surface area contributed by atoms with Crippen molar-refractivity contribution < 1.29 is 9.47 Å². The summed E-state index contributed by atoms with van der Waals surface area (Å²) >= 11 is 3.49. The highest BCUT2D eigenvalue weighted by Gasteiger charge is 2.13. The van der Waals surface area contributed by atoms with Crippen molar-refractivity contribution in [2.45, 2.75) is 6.42 Å². The normalized spacial score (nSPS) is 10.3. The number of methoxy groups -OCH3 is 2. The van der Waals surface area contributed by atoms with Crippen molar-refractivity contribution in [1.82, 2.24) is 4.98 Å². The Hall–Kier alpha value is -1.75. The van der Waals surface area contributed by atoms with Gasteiger partial charge in [-0.3, -0.25) is 0 Å². The van der Waals surface area contributed by atoms with Crippen LogP contribution in [0.3, 0.4) is 0 Å². The third-order valence-electron chi connectivity index (χ3n) is 2.81. The first-order valence-electron chi connectivity index (χ1n) is 5.75. The van der Waals surface area contributed by atoms with Crippen molar-refractivity contribution in [3.8, 4) is 11.5 Å². The number of hydrogen-bond donors (Lipinski definition) is 1. The molecule has 2 rings (SSSR count). The second kappa shape index (κ2) is 5.93. The number of ether oxygens (including phenoxy) is 2. The zero-order valence-corrected chi connectivity index (χ0v) is 12.4. The number of nitrogens with zero attached hydrogens (tertiary/aromatic N) is 1. The van der Waals surface area contributed by atoms with Crippen molar-refractivity contribution in [3.05, 3.63) is 46.1 Å². The van der Waals surface area contributed by atoms with Crippen LogP contribution in [0.2, 0.25) is 0 Å². The van der Waals surface area contributed by atoms with Crippen molar-refractivity contribution >= 4 is 21.7 Å². The molecule has 2 N–H and O–H groups in total. The fourth-order valence-electron chi connectivity index (χ4n) is 1.92. The van der Waals surface area contributed by atoms with Gasteiger partial charge in [0.1, 0.15) is 21.8 Å². The summed E-state index contributed by atoms with van der Waals surface area (Å²) < 4.78 is 11.5. The van der Waals surface area contributed by atoms with Gasteiger partial charge in [0.15, 0.2) is 0 Å². The maximum absolute atomic E-state index is 5.69. The lowest BCUT2D eigenvalue weighted by molar-refractivity contribution is 0.387. The molecule has 0 bridgehead atoms. The van der Waals surface area contributed by atoms with Crippen molar-refractivity contribution in [2.75, 3.05) is 20.0 Å². The first kappa shape index (κ1) is 13.7. The molecule has 5 heteroatoms. The van der Waals surface area contributed by atoms with E-state index >= 15 is 0 Å². The lowest BCUT2D eigenvalue weighted by Crippen LogP contribution is -1.98. The van der Waals surface area contributed by atoms with Gasteiger partial charge in [-0.25, -0.2) is 4.98 Å². The first-order chi connectivity index (χ1) is 9.15. The Morgan fingerprint density at radius 1 is 1.21 bits per heavy atom. The Bertz CT molecular complexity index is 588.